The van der Waals surface area contributed by atoms with Crippen LogP contribution in [0.15, 0.2) is 120 Å². The molecule has 0 N–H and O–H groups in total. The van der Waals surface area contributed by atoms with Gasteiger partial charge < -0.3 is 14.2 Å². The number of rotatable bonds is 15. The molecule has 0 heterocycles. The van der Waals surface area contributed by atoms with Crippen LogP contribution in [0.4, 0.5) is 0 Å². The summed E-state index contributed by atoms with van der Waals surface area (Å²) in [6.07, 6.45) is 7.35. The predicted octanol–water partition coefficient (Wildman–Crippen LogP) is 9.36. The van der Waals surface area contributed by atoms with E-state index in [1.165, 1.54) is 32.2 Å². The van der Waals surface area contributed by atoms with Gasteiger partial charge in [-0.15, -0.1) is 78.9 Å². The summed E-state index contributed by atoms with van der Waals surface area (Å²) >= 11 is 0. The van der Waals surface area contributed by atoms with Crippen LogP contribution in [0.3, 0.4) is 0 Å². The first-order valence-corrected chi connectivity index (χ1v) is 14.0. The highest BCUT2D eigenvalue weighted by Gasteiger charge is 2.39. The summed E-state index contributed by atoms with van der Waals surface area (Å²) in [4.78, 5) is 46.1. The number of carbonyl (C=O) groups is 2. The molecule has 1 atom stereocenters. The van der Waals surface area contributed by atoms with Gasteiger partial charge >= 0.3 is 11.9 Å². The summed E-state index contributed by atoms with van der Waals surface area (Å²) in [5.74, 6) is -0.0822. The van der Waals surface area contributed by atoms with Gasteiger partial charge in [0.05, 0.1) is 0 Å². The molecule has 0 spiro atoms. The zero-order valence-corrected chi connectivity index (χ0v) is 27.6. The van der Waals surface area contributed by atoms with E-state index in [1.54, 1.807) is 30.3 Å². The molecule has 7 heteroatoms. The standard InChI is InChI=1S/C25H32O7.6C2H4/c1-4-5-6-7-8-9-13-16-25(32-24(29)21(3)18-27,19-30-23(28)20(2)17-26)31-22-14-11-10-12-15-22;6*1-2/h10-12,14-15H,4-9,13,16,19H2,1-3H3;6*1-2H2. The summed E-state index contributed by atoms with van der Waals surface area (Å²) in [6, 6.07) is 8.64. The fraction of sp³-hybridized carbons (Fsp3) is 0.351. The molecule has 1 unspecified atom stereocenters. The van der Waals surface area contributed by atoms with Crippen molar-refractivity contribution in [1.29, 1.82) is 0 Å². The van der Waals surface area contributed by atoms with Crippen LogP contribution in [0.1, 0.15) is 72.1 Å². The molecule has 0 amide bonds. The first kappa shape index (κ1) is 52.0. The van der Waals surface area contributed by atoms with Gasteiger partial charge in [0.25, 0.3) is 5.79 Å². The molecular weight excluding hydrogens is 556 g/mol. The maximum Gasteiger partial charge on any atom is 0.348 e. The molecule has 0 aliphatic rings. The first-order chi connectivity index (χ1) is 21.4. The van der Waals surface area contributed by atoms with Gasteiger partial charge in [-0.2, -0.15) is 0 Å². The Labute approximate surface area is 267 Å². The number of unbranched alkanes of at least 4 members (excludes halogenated alkanes) is 6. The Balaban J connectivity index is -0.000000267. The molecule has 0 fully saturated rings. The molecule has 1 rings (SSSR count). The van der Waals surface area contributed by atoms with Gasteiger partial charge in [0, 0.05) is 6.42 Å². The highest BCUT2D eigenvalue weighted by atomic mass is 16.7. The van der Waals surface area contributed by atoms with Crippen molar-refractivity contribution in [3.63, 3.8) is 0 Å². The van der Waals surface area contributed by atoms with E-state index < -0.39 is 24.3 Å². The number of hydrogen-bond acceptors (Lipinski definition) is 7. The van der Waals surface area contributed by atoms with Gasteiger partial charge in [-0.3, -0.25) is 0 Å². The molecule has 246 valence electrons. The number of carbonyl (C=O) groups excluding carboxylic acids is 4. The van der Waals surface area contributed by atoms with E-state index in [9.17, 15) is 19.2 Å². The second-order valence-electron chi connectivity index (χ2n) is 7.62. The van der Waals surface area contributed by atoms with Crippen LogP contribution in [0, 0.1) is 0 Å². The van der Waals surface area contributed by atoms with E-state index in [1.807, 2.05) is 0 Å². The Bertz CT molecular complexity index is 913. The van der Waals surface area contributed by atoms with Crippen LogP contribution in [0.25, 0.3) is 0 Å². The van der Waals surface area contributed by atoms with Crippen molar-refractivity contribution in [3.8, 4) is 5.75 Å². The van der Waals surface area contributed by atoms with Crippen LogP contribution >= 0.6 is 0 Å². The van der Waals surface area contributed by atoms with Crippen LogP contribution in [0.2, 0.25) is 0 Å². The number of benzene rings is 1. The van der Waals surface area contributed by atoms with E-state index in [2.05, 4.69) is 85.9 Å². The molecule has 0 aromatic heterocycles. The monoisotopic (exact) mass is 612 g/mol. The average molecular weight is 613 g/mol. The number of esters is 2. The molecule has 44 heavy (non-hydrogen) atoms. The largest absolute Gasteiger partial charge is 0.453 e. The SMILES string of the molecule is C=C.C=C.C=C.C=C.C=C.C=C.CCCCCCCCCC(COC(=O)C(C)=C=O)(OC(=O)C(C)=C=O)Oc1ccccc1. The lowest BCUT2D eigenvalue weighted by Crippen LogP contribution is -2.46. The van der Waals surface area contributed by atoms with Crippen LogP contribution in [-0.2, 0) is 28.7 Å². The van der Waals surface area contributed by atoms with Crippen molar-refractivity contribution in [2.24, 2.45) is 0 Å². The molecule has 0 aliphatic heterocycles. The van der Waals surface area contributed by atoms with Crippen molar-refractivity contribution < 1.29 is 33.4 Å². The van der Waals surface area contributed by atoms with Crippen LogP contribution in [0.5, 0.6) is 5.75 Å². The minimum atomic E-state index is -1.67. The van der Waals surface area contributed by atoms with Gasteiger partial charge in [0.2, 0.25) is 0 Å². The lowest BCUT2D eigenvalue weighted by atomic mass is 10.0. The quantitative estimate of drug-likeness (QED) is 0.0486. The lowest BCUT2D eigenvalue weighted by molar-refractivity contribution is -0.216. The summed E-state index contributed by atoms with van der Waals surface area (Å²) < 4.78 is 16.8. The predicted molar refractivity (Wildman–Crippen MR) is 187 cm³/mol. The Kier molecular flexibility index (Phi) is 50.5. The van der Waals surface area contributed by atoms with E-state index in [4.69, 9.17) is 14.2 Å². The van der Waals surface area contributed by atoms with Crippen molar-refractivity contribution >= 4 is 23.8 Å². The molecule has 0 radical (unpaired) electrons. The minimum Gasteiger partial charge on any atom is -0.453 e. The fourth-order valence-corrected chi connectivity index (χ4v) is 2.92. The molecule has 0 aliphatic carbocycles. The van der Waals surface area contributed by atoms with Gasteiger partial charge in [-0.05, 0) is 32.4 Å². The topological polar surface area (TPSA) is 96.0 Å². The summed E-state index contributed by atoms with van der Waals surface area (Å²) in [6.45, 7) is 40.3. The molecule has 1 aromatic rings. The lowest BCUT2D eigenvalue weighted by Gasteiger charge is -2.33. The average Bonchev–Trinajstić information content (AvgIpc) is 3.11. The number of hydrogen-bond donors (Lipinski definition) is 0. The molecule has 0 saturated heterocycles. The molecular formula is C37H56O7. The Morgan fingerprint density at radius 2 is 1.07 bits per heavy atom. The Morgan fingerprint density at radius 3 is 1.50 bits per heavy atom. The van der Waals surface area contributed by atoms with Crippen LogP contribution in [-0.4, -0.2) is 36.2 Å². The fourth-order valence-electron chi connectivity index (χ4n) is 2.92. The third-order valence-electron chi connectivity index (χ3n) is 4.83. The van der Waals surface area contributed by atoms with Crippen molar-refractivity contribution in [1.82, 2.24) is 0 Å². The number of ether oxygens (including phenoxy) is 3. The first-order valence-electron chi connectivity index (χ1n) is 14.0. The van der Waals surface area contributed by atoms with Crippen molar-refractivity contribution in [2.75, 3.05) is 6.61 Å². The zero-order valence-electron chi connectivity index (χ0n) is 27.6. The summed E-state index contributed by atoms with van der Waals surface area (Å²) in [5, 5.41) is 0. The summed E-state index contributed by atoms with van der Waals surface area (Å²) in [7, 11) is 0. The highest BCUT2D eigenvalue weighted by Crippen LogP contribution is 2.27. The van der Waals surface area contributed by atoms with Crippen molar-refractivity contribution in [2.45, 2.75) is 77.9 Å². The Morgan fingerprint density at radius 1 is 0.659 bits per heavy atom. The second kappa shape index (κ2) is 42.8. The third kappa shape index (κ3) is 28.8. The van der Waals surface area contributed by atoms with Gasteiger partial charge in [-0.25, -0.2) is 19.2 Å². The minimum absolute atomic E-state index is 0.227. The van der Waals surface area contributed by atoms with E-state index >= 15 is 0 Å². The van der Waals surface area contributed by atoms with Gasteiger partial charge in [0.15, 0.2) is 6.61 Å². The van der Waals surface area contributed by atoms with Gasteiger partial charge in [-0.1, -0.05) is 63.6 Å². The maximum absolute atomic E-state index is 12.4. The second-order valence-corrected chi connectivity index (χ2v) is 7.62. The third-order valence-corrected chi connectivity index (χ3v) is 4.83. The molecule has 0 saturated carbocycles. The van der Waals surface area contributed by atoms with Gasteiger partial charge in [0.1, 0.15) is 28.8 Å². The maximum atomic E-state index is 12.4. The van der Waals surface area contributed by atoms with E-state index in [0.717, 1.165) is 32.1 Å². The number of para-hydroxylation sites is 1. The highest BCUT2D eigenvalue weighted by molar-refractivity contribution is 5.96. The molecule has 1 aromatic carbocycles. The van der Waals surface area contributed by atoms with Crippen molar-refractivity contribution in [3.05, 3.63) is 120 Å². The normalized spacial score (nSPS) is 9.25. The Hall–Kier alpha value is -4.70. The summed E-state index contributed by atoms with van der Waals surface area (Å²) in [5.41, 5.74) is -0.509. The van der Waals surface area contributed by atoms with E-state index in [-0.39, 0.29) is 17.6 Å². The van der Waals surface area contributed by atoms with Crippen LogP contribution < -0.4 is 4.74 Å². The molecule has 0 bridgehead atoms. The van der Waals surface area contributed by atoms with E-state index in [0.29, 0.717) is 12.2 Å². The smallest absolute Gasteiger partial charge is 0.348 e. The zero-order chi connectivity index (χ0) is 35.8. The molecule has 7 nitrogen and oxygen atoms in total.